The molecule has 0 amide bonds. The minimum Gasteiger partial charge on any atom is -0.383 e. The van der Waals surface area contributed by atoms with Gasteiger partial charge < -0.3 is 5.73 Å². The lowest BCUT2D eigenvalue weighted by molar-refractivity contribution is 1.19. The van der Waals surface area contributed by atoms with Crippen molar-refractivity contribution in [2.45, 2.75) is 13.3 Å². The number of rotatable bonds is 2. The molecule has 0 unspecified atom stereocenters. The number of aromatic nitrogens is 3. The predicted octanol–water partition coefficient (Wildman–Crippen LogP) is 2.96. The number of thiophene rings is 1. The first-order valence-corrected chi connectivity index (χ1v) is 6.98. The average Bonchev–Trinajstić information content (AvgIpc) is 2.97. The van der Waals surface area contributed by atoms with Crippen LogP contribution in [0.2, 0.25) is 0 Å². The van der Waals surface area contributed by atoms with E-state index in [2.05, 4.69) is 27.9 Å². The van der Waals surface area contributed by atoms with Crippen LogP contribution in [-0.2, 0) is 6.42 Å². The first kappa shape index (κ1) is 10.6. The van der Waals surface area contributed by atoms with Crippen molar-refractivity contribution in [1.82, 2.24) is 15.0 Å². The summed E-state index contributed by atoms with van der Waals surface area (Å²) in [6, 6.07) is 2.07. The zero-order chi connectivity index (χ0) is 11.8. The quantitative estimate of drug-likeness (QED) is 0.771. The topological polar surface area (TPSA) is 64.7 Å². The Morgan fingerprint density at radius 1 is 1.35 bits per heavy atom. The van der Waals surface area contributed by atoms with Crippen molar-refractivity contribution in [3.05, 3.63) is 21.8 Å². The van der Waals surface area contributed by atoms with Gasteiger partial charge in [-0.15, -0.1) is 22.7 Å². The molecule has 17 heavy (non-hydrogen) atoms. The standard InChI is InChI=1S/C11H10N4S2/c1-2-6-3-7-9(12)14-10(15-11(7)17-6)8-4-16-5-13-8/h3-5H,2H2,1H3,(H2,12,14,15). The van der Waals surface area contributed by atoms with Crippen LogP contribution in [0.3, 0.4) is 0 Å². The molecule has 86 valence electrons. The van der Waals surface area contributed by atoms with E-state index >= 15 is 0 Å². The second-order valence-electron chi connectivity index (χ2n) is 3.59. The van der Waals surface area contributed by atoms with Gasteiger partial charge in [-0.05, 0) is 12.5 Å². The molecular formula is C11H10N4S2. The highest BCUT2D eigenvalue weighted by Gasteiger charge is 2.11. The highest BCUT2D eigenvalue weighted by atomic mass is 32.1. The van der Waals surface area contributed by atoms with Gasteiger partial charge in [0.25, 0.3) is 0 Å². The maximum atomic E-state index is 5.96. The molecule has 0 aromatic carbocycles. The normalized spacial score (nSPS) is 11.1. The zero-order valence-electron chi connectivity index (χ0n) is 9.17. The second kappa shape index (κ2) is 4.05. The van der Waals surface area contributed by atoms with E-state index in [4.69, 9.17) is 5.73 Å². The van der Waals surface area contributed by atoms with Crippen molar-refractivity contribution in [2.24, 2.45) is 0 Å². The number of fused-ring (bicyclic) bond motifs is 1. The summed E-state index contributed by atoms with van der Waals surface area (Å²) in [6.07, 6.45) is 0.993. The summed E-state index contributed by atoms with van der Waals surface area (Å²) in [5.41, 5.74) is 8.52. The first-order valence-electron chi connectivity index (χ1n) is 5.22. The van der Waals surface area contributed by atoms with Crippen molar-refractivity contribution in [3.8, 4) is 11.5 Å². The number of anilines is 1. The van der Waals surface area contributed by atoms with Crippen molar-refractivity contribution in [1.29, 1.82) is 0 Å². The largest absolute Gasteiger partial charge is 0.383 e. The number of nitrogen functional groups attached to an aromatic ring is 1. The summed E-state index contributed by atoms with van der Waals surface area (Å²) in [6.45, 7) is 2.12. The van der Waals surface area contributed by atoms with Gasteiger partial charge in [-0.3, -0.25) is 0 Å². The summed E-state index contributed by atoms with van der Waals surface area (Å²) in [7, 11) is 0. The fourth-order valence-electron chi connectivity index (χ4n) is 1.61. The van der Waals surface area contributed by atoms with Crippen LogP contribution in [0.15, 0.2) is 17.0 Å². The van der Waals surface area contributed by atoms with Gasteiger partial charge in [0.1, 0.15) is 16.3 Å². The summed E-state index contributed by atoms with van der Waals surface area (Å²) in [4.78, 5) is 15.2. The van der Waals surface area contributed by atoms with Crippen LogP contribution < -0.4 is 5.73 Å². The Balaban J connectivity index is 2.23. The molecule has 0 spiro atoms. The number of hydrogen-bond acceptors (Lipinski definition) is 6. The molecule has 0 aliphatic carbocycles. The highest BCUT2D eigenvalue weighted by Crippen LogP contribution is 2.29. The van der Waals surface area contributed by atoms with Gasteiger partial charge in [-0.1, -0.05) is 6.92 Å². The molecule has 2 N–H and O–H groups in total. The minimum atomic E-state index is 0.536. The van der Waals surface area contributed by atoms with Crippen molar-refractivity contribution >= 4 is 38.7 Å². The number of aryl methyl sites for hydroxylation is 1. The lowest BCUT2D eigenvalue weighted by Gasteiger charge is -1.98. The molecule has 0 bridgehead atoms. The van der Waals surface area contributed by atoms with Crippen LogP contribution in [0.1, 0.15) is 11.8 Å². The number of thiazole rings is 1. The van der Waals surface area contributed by atoms with Crippen LogP contribution >= 0.6 is 22.7 Å². The summed E-state index contributed by atoms with van der Waals surface area (Å²) >= 11 is 3.19. The lowest BCUT2D eigenvalue weighted by Crippen LogP contribution is -1.95. The van der Waals surface area contributed by atoms with Crippen molar-refractivity contribution in [2.75, 3.05) is 5.73 Å². The molecule has 0 aliphatic heterocycles. The molecule has 0 radical (unpaired) electrons. The third-order valence-corrected chi connectivity index (χ3v) is 4.24. The molecule has 0 saturated carbocycles. The molecule has 4 nitrogen and oxygen atoms in total. The Morgan fingerprint density at radius 2 is 2.24 bits per heavy atom. The molecule has 3 heterocycles. The number of hydrogen-bond donors (Lipinski definition) is 1. The Morgan fingerprint density at radius 3 is 2.94 bits per heavy atom. The van der Waals surface area contributed by atoms with Gasteiger partial charge >= 0.3 is 0 Å². The monoisotopic (exact) mass is 262 g/mol. The minimum absolute atomic E-state index is 0.536. The van der Waals surface area contributed by atoms with Gasteiger partial charge in [0.05, 0.1) is 10.9 Å². The van der Waals surface area contributed by atoms with Gasteiger partial charge in [-0.2, -0.15) is 0 Å². The van der Waals surface area contributed by atoms with Gasteiger partial charge in [0.15, 0.2) is 5.82 Å². The Bertz CT molecular complexity index is 657. The Labute approximate surface area is 106 Å². The van der Waals surface area contributed by atoms with E-state index in [1.165, 1.54) is 16.2 Å². The van der Waals surface area contributed by atoms with Crippen LogP contribution in [0, 0.1) is 0 Å². The maximum absolute atomic E-state index is 5.96. The average molecular weight is 262 g/mol. The third-order valence-electron chi connectivity index (χ3n) is 2.48. The van der Waals surface area contributed by atoms with E-state index in [0.717, 1.165) is 22.3 Å². The van der Waals surface area contributed by atoms with Gasteiger partial charge in [0.2, 0.25) is 0 Å². The van der Waals surface area contributed by atoms with E-state index in [1.807, 2.05) is 5.38 Å². The third kappa shape index (κ3) is 1.79. The van der Waals surface area contributed by atoms with E-state index in [-0.39, 0.29) is 0 Å². The smallest absolute Gasteiger partial charge is 0.182 e. The molecule has 3 rings (SSSR count). The number of nitrogens with two attached hydrogens (primary N) is 1. The fraction of sp³-hybridized carbons (Fsp3) is 0.182. The molecule has 0 atom stereocenters. The molecule has 0 fully saturated rings. The van der Waals surface area contributed by atoms with E-state index in [1.54, 1.807) is 16.8 Å². The summed E-state index contributed by atoms with van der Waals surface area (Å²) in [5.74, 6) is 1.15. The predicted molar refractivity (Wildman–Crippen MR) is 72.3 cm³/mol. The molecule has 6 heteroatoms. The van der Waals surface area contributed by atoms with Gasteiger partial charge in [0, 0.05) is 10.3 Å². The van der Waals surface area contributed by atoms with Crippen molar-refractivity contribution in [3.63, 3.8) is 0 Å². The maximum Gasteiger partial charge on any atom is 0.182 e. The molecule has 3 aromatic rings. The second-order valence-corrected chi connectivity index (χ2v) is 5.43. The Kier molecular flexibility index (Phi) is 2.53. The molecule has 0 saturated heterocycles. The zero-order valence-corrected chi connectivity index (χ0v) is 10.8. The van der Waals surface area contributed by atoms with Crippen LogP contribution in [-0.4, -0.2) is 15.0 Å². The van der Waals surface area contributed by atoms with E-state index < -0.39 is 0 Å². The molecule has 0 aliphatic rings. The van der Waals surface area contributed by atoms with E-state index in [0.29, 0.717) is 11.6 Å². The highest BCUT2D eigenvalue weighted by molar-refractivity contribution is 7.18. The summed E-state index contributed by atoms with van der Waals surface area (Å²) in [5, 5.41) is 2.88. The molecule has 3 aromatic heterocycles. The van der Waals surface area contributed by atoms with Crippen molar-refractivity contribution < 1.29 is 0 Å². The Hall–Kier alpha value is -1.53. The SMILES string of the molecule is CCc1cc2c(N)nc(-c3cscn3)nc2s1. The van der Waals surface area contributed by atoms with Crippen LogP contribution in [0.5, 0.6) is 0 Å². The molecular weight excluding hydrogens is 252 g/mol. The number of nitrogens with zero attached hydrogens (tertiary/aromatic N) is 3. The summed E-state index contributed by atoms with van der Waals surface area (Å²) < 4.78 is 0. The van der Waals surface area contributed by atoms with Crippen LogP contribution in [0.4, 0.5) is 5.82 Å². The van der Waals surface area contributed by atoms with E-state index in [9.17, 15) is 0 Å². The first-order chi connectivity index (χ1) is 8.28. The lowest BCUT2D eigenvalue weighted by atomic mass is 10.3. The van der Waals surface area contributed by atoms with Gasteiger partial charge in [-0.25, -0.2) is 15.0 Å². The fourth-order valence-corrected chi connectivity index (χ4v) is 3.11. The van der Waals surface area contributed by atoms with Crippen LogP contribution in [0.25, 0.3) is 21.7 Å².